The first kappa shape index (κ1) is 25.8. The maximum Gasteiger partial charge on any atom is 0.407 e. The monoisotopic (exact) mass is 454 g/mol. The van der Waals surface area contributed by atoms with Crippen molar-refractivity contribution in [1.82, 2.24) is 10.5 Å². The zero-order valence-electron chi connectivity index (χ0n) is 19.9. The zero-order chi connectivity index (χ0) is 24.3. The second-order valence-corrected chi connectivity index (χ2v) is 8.69. The third-order valence-corrected chi connectivity index (χ3v) is 4.70. The van der Waals surface area contributed by atoms with E-state index in [0.717, 1.165) is 28.2 Å². The van der Waals surface area contributed by atoms with Crippen molar-refractivity contribution in [3.05, 3.63) is 47.9 Å². The minimum atomic E-state index is -0.529. The molecule has 0 saturated heterocycles. The highest BCUT2D eigenvalue weighted by Crippen LogP contribution is 2.22. The van der Waals surface area contributed by atoms with Gasteiger partial charge in [-0.15, -0.1) is 0 Å². The minimum absolute atomic E-state index is 0.163. The lowest BCUT2D eigenvalue weighted by Gasteiger charge is -2.19. The molecule has 1 aromatic carbocycles. The van der Waals surface area contributed by atoms with Gasteiger partial charge in [-0.25, -0.2) is 4.79 Å². The SMILES string of the molecule is CN=C/C(=C\N)c1ccc(-c2cc(CCCC(=O)CCCNC(=O)OC(C)(C)C)on2)cc1. The summed E-state index contributed by atoms with van der Waals surface area (Å²) in [6, 6.07) is 9.73. The average Bonchev–Trinajstić information content (AvgIpc) is 3.23. The highest BCUT2D eigenvalue weighted by molar-refractivity contribution is 6.09. The Hall–Kier alpha value is -3.42. The quantitative estimate of drug-likeness (QED) is 0.380. The molecule has 2 aromatic rings. The number of ketones is 1. The lowest BCUT2D eigenvalue weighted by Crippen LogP contribution is -2.33. The van der Waals surface area contributed by atoms with Gasteiger partial charge in [-0.1, -0.05) is 29.4 Å². The first-order valence-electron chi connectivity index (χ1n) is 11.1. The molecule has 0 spiro atoms. The number of carbonyl (C=O) groups excluding carboxylic acids is 2. The molecule has 8 heteroatoms. The van der Waals surface area contributed by atoms with Crippen LogP contribution in [0.25, 0.3) is 16.8 Å². The Bertz CT molecular complexity index is 969. The standard InChI is InChI=1S/C25H34N4O4/c1-25(2,3)32-24(31)28-14-6-8-21(30)7-5-9-22-15-23(29-33-22)19-12-10-18(11-13-19)20(16-26)17-27-4/h10-13,15-17H,5-9,14,26H2,1-4H3,(H,28,31)/b20-16+,27-17?. The molecule has 2 rings (SSSR count). The maximum atomic E-state index is 12.1. The van der Waals surface area contributed by atoms with E-state index in [-0.39, 0.29) is 5.78 Å². The Morgan fingerprint density at radius 3 is 2.52 bits per heavy atom. The van der Waals surface area contributed by atoms with Gasteiger partial charge in [0, 0.05) is 62.5 Å². The van der Waals surface area contributed by atoms with Crippen molar-refractivity contribution < 1.29 is 18.8 Å². The molecule has 33 heavy (non-hydrogen) atoms. The third-order valence-electron chi connectivity index (χ3n) is 4.70. The minimum Gasteiger partial charge on any atom is -0.444 e. The van der Waals surface area contributed by atoms with Gasteiger partial charge in [0.1, 0.15) is 22.8 Å². The summed E-state index contributed by atoms with van der Waals surface area (Å²) in [5.74, 6) is 0.907. The molecule has 0 bridgehead atoms. The van der Waals surface area contributed by atoms with Gasteiger partial charge >= 0.3 is 6.09 Å². The molecule has 178 valence electrons. The number of aliphatic imine (C=N–C) groups is 1. The Morgan fingerprint density at radius 2 is 1.88 bits per heavy atom. The summed E-state index contributed by atoms with van der Waals surface area (Å²) >= 11 is 0. The number of ether oxygens (including phenoxy) is 1. The van der Waals surface area contributed by atoms with Gasteiger partial charge in [0.05, 0.1) is 0 Å². The number of rotatable bonds is 11. The van der Waals surface area contributed by atoms with E-state index in [1.54, 1.807) is 13.3 Å². The second kappa shape index (κ2) is 12.6. The molecular formula is C25H34N4O4. The van der Waals surface area contributed by atoms with Crippen molar-refractivity contribution in [3.63, 3.8) is 0 Å². The molecule has 0 fully saturated rings. The van der Waals surface area contributed by atoms with Gasteiger partial charge in [-0.3, -0.25) is 9.79 Å². The topological polar surface area (TPSA) is 120 Å². The largest absolute Gasteiger partial charge is 0.444 e. The van der Waals surface area contributed by atoms with Crippen LogP contribution in [0.4, 0.5) is 4.79 Å². The van der Waals surface area contributed by atoms with Gasteiger partial charge in [-0.2, -0.15) is 0 Å². The summed E-state index contributed by atoms with van der Waals surface area (Å²) in [7, 11) is 1.70. The van der Waals surface area contributed by atoms with Gasteiger partial charge in [0.15, 0.2) is 0 Å². The number of hydrogen-bond acceptors (Lipinski definition) is 7. The summed E-state index contributed by atoms with van der Waals surface area (Å²) in [6.45, 7) is 5.84. The summed E-state index contributed by atoms with van der Waals surface area (Å²) < 4.78 is 10.6. The smallest absolute Gasteiger partial charge is 0.407 e. The number of allylic oxidation sites excluding steroid dienone is 1. The summed E-state index contributed by atoms with van der Waals surface area (Å²) in [5.41, 5.74) is 8.62. The molecule has 0 radical (unpaired) electrons. The number of nitrogens with one attached hydrogen (secondary N) is 1. The number of hydrogen-bond donors (Lipinski definition) is 2. The predicted molar refractivity (Wildman–Crippen MR) is 130 cm³/mol. The number of amides is 1. The van der Waals surface area contributed by atoms with E-state index in [0.29, 0.717) is 38.6 Å². The van der Waals surface area contributed by atoms with Crippen LogP contribution in [0.1, 0.15) is 57.8 Å². The summed E-state index contributed by atoms with van der Waals surface area (Å²) in [5, 5.41) is 6.80. The van der Waals surface area contributed by atoms with Gasteiger partial charge in [0.2, 0.25) is 0 Å². The normalized spacial score (nSPS) is 12.2. The fraction of sp³-hybridized carbons (Fsp3) is 0.440. The molecule has 1 amide bonds. The fourth-order valence-electron chi connectivity index (χ4n) is 3.13. The third kappa shape index (κ3) is 9.31. The van der Waals surface area contributed by atoms with E-state index in [1.165, 1.54) is 6.20 Å². The van der Waals surface area contributed by atoms with Crippen molar-refractivity contribution in [2.45, 2.75) is 58.5 Å². The van der Waals surface area contributed by atoms with E-state index in [2.05, 4.69) is 15.5 Å². The van der Waals surface area contributed by atoms with Crippen LogP contribution >= 0.6 is 0 Å². The Morgan fingerprint density at radius 1 is 1.18 bits per heavy atom. The van der Waals surface area contributed by atoms with Crippen molar-refractivity contribution in [2.24, 2.45) is 10.7 Å². The first-order valence-corrected chi connectivity index (χ1v) is 11.1. The van der Waals surface area contributed by atoms with Gasteiger partial charge in [0.25, 0.3) is 0 Å². The first-order chi connectivity index (χ1) is 15.7. The van der Waals surface area contributed by atoms with Crippen LogP contribution < -0.4 is 11.1 Å². The van der Waals surface area contributed by atoms with Crippen molar-refractivity contribution in [1.29, 1.82) is 0 Å². The van der Waals surface area contributed by atoms with Crippen LogP contribution in [0, 0.1) is 0 Å². The Kier molecular flexibility index (Phi) is 9.84. The van der Waals surface area contributed by atoms with E-state index >= 15 is 0 Å². The lowest BCUT2D eigenvalue weighted by atomic mass is 10.0. The number of aromatic nitrogens is 1. The van der Waals surface area contributed by atoms with Crippen LogP contribution in [-0.2, 0) is 16.0 Å². The number of carbonyl (C=O) groups is 2. The zero-order valence-corrected chi connectivity index (χ0v) is 19.9. The van der Waals surface area contributed by atoms with Gasteiger partial charge < -0.3 is 20.3 Å². The van der Waals surface area contributed by atoms with Gasteiger partial charge in [-0.05, 0) is 39.2 Å². The predicted octanol–water partition coefficient (Wildman–Crippen LogP) is 4.54. The summed E-state index contributed by atoms with van der Waals surface area (Å²) in [6.07, 6.45) is 5.57. The van der Waals surface area contributed by atoms with Crippen molar-refractivity contribution >= 4 is 23.7 Å². The summed E-state index contributed by atoms with van der Waals surface area (Å²) in [4.78, 5) is 27.7. The van der Waals surface area contributed by atoms with E-state index in [4.69, 9.17) is 15.0 Å². The van der Waals surface area contributed by atoms with Crippen LogP contribution in [0.2, 0.25) is 0 Å². The van der Waals surface area contributed by atoms with E-state index in [9.17, 15) is 9.59 Å². The lowest BCUT2D eigenvalue weighted by molar-refractivity contribution is -0.119. The molecule has 0 saturated carbocycles. The molecular weight excluding hydrogens is 420 g/mol. The Balaban J connectivity index is 1.72. The number of nitrogens with zero attached hydrogens (tertiary/aromatic N) is 2. The maximum absolute atomic E-state index is 12.1. The van der Waals surface area contributed by atoms with E-state index in [1.807, 2.05) is 51.1 Å². The van der Waals surface area contributed by atoms with E-state index < -0.39 is 11.7 Å². The number of Topliss-reactive ketones (excluding diaryl/α,β-unsaturated/α-hetero) is 1. The average molecular weight is 455 g/mol. The van der Waals surface area contributed by atoms with Crippen LogP contribution in [-0.4, -0.2) is 42.4 Å². The molecule has 0 unspecified atom stereocenters. The molecule has 0 aliphatic carbocycles. The number of alkyl carbamates (subject to hydrolysis) is 1. The molecule has 0 aliphatic rings. The van der Waals surface area contributed by atoms with Crippen LogP contribution in [0.3, 0.4) is 0 Å². The Labute approximate surface area is 195 Å². The molecule has 0 aliphatic heterocycles. The number of aryl methyl sites for hydroxylation is 1. The number of benzene rings is 1. The molecule has 0 atom stereocenters. The highest BCUT2D eigenvalue weighted by atomic mass is 16.6. The number of nitrogens with two attached hydrogens (primary N) is 1. The van der Waals surface area contributed by atoms with Crippen LogP contribution in [0.15, 0.2) is 46.0 Å². The fourth-order valence-corrected chi connectivity index (χ4v) is 3.13. The highest BCUT2D eigenvalue weighted by Gasteiger charge is 2.15. The van der Waals surface area contributed by atoms with Crippen LogP contribution in [0.5, 0.6) is 0 Å². The molecule has 1 heterocycles. The van der Waals surface area contributed by atoms with Crippen molar-refractivity contribution in [3.8, 4) is 11.3 Å². The second-order valence-electron chi connectivity index (χ2n) is 8.69. The van der Waals surface area contributed by atoms with Crippen molar-refractivity contribution in [2.75, 3.05) is 13.6 Å². The molecule has 1 aromatic heterocycles. The molecule has 8 nitrogen and oxygen atoms in total. The molecule has 3 N–H and O–H groups in total.